The maximum Gasteiger partial charge on any atom is 0.207 e. The summed E-state index contributed by atoms with van der Waals surface area (Å²) in [5.74, 6) is 0. The zero-order valence-corrected chi connectivity index (χ0v) is 6.71. The van der Waals surface area contributed by atoms with Crippen LogP contribution >= 0.6 is 0 Å². The molecule has 66 valence electrons. The van der Waals surface area contributed by atoms with Crippen molar-refractivity contribution in [2.24, 2.45) is 5.73 Å². The van der Waals surface area contributed by atoms with E-state index < -0.39 is 0 Å². The van der Waals surface area contributed by atoms with Crippen molar-refractivity contribution in [3.8, 4) is 0 Å². The molecule has 0 spiro atoms. The van der Waals surface area contributed by atoms with Gasteiger partial charge in [-0.05, 0) is 19.4 Å². The van der Waals surface area contributed by atoms with E-state index in [1.807, 2.05) is 0 Å². The molecule has 0 aliphatic rings. The van der Waals surface area contributed by atoms with Gasteiger partial charge in [-0.25, -0.2) is 0 Å². The van der Waals surface area contributed by atoms with Crippen LogP contribution in [0.15, 0.2) is 0 Å². The van der Waals surface area contributed by atoms with Crippen molar-refractivity contribution < 1.29 is 9.53 Å². The van der Waals surface area contributed by atoms with Crippen molar-refractivity contribution in [3.05, 3.63) is 0 Å². The summed E-state index contributed by atoms with van der Waals surface area (Å²) in [6, 6.07) is 0. The average Bonchev–Trinajstić information content (AvgIpc) is 2.03. The molecule has 0 aromatic heterocycles. The molecular formula is C7H16N2O2. The van der Waals surface area contributed by atoms with Crippen molar-refractivity contribution in [2.45, 2.75) is 12.8 Å². The Bertz CT molecular complexity index is 88.5. The first-order chi connectivity index (χ1) is 5.41. The molecule has 0 saturated heterocycles. The third kappa shape index (κ3) is 9.39. The highest BCUT2D eigenvalue weighted by molar-refractivity contribution is 5.45. The summed E-state index contributed by atoms with van der Waals surface area (Å²) in [6.07, 6.45) is 2.46. The first-order valence-electron chi connectivity index (χ1n) is 3.86. The number of carbonyl (C=O) groups is 1. The van der Waals surface area contributed by atoms with Crippen LogP contribution in [-0.4, -0.2) is 32.7 Å². The fourth-order valence-corrected chi connectivity index (χ4v) is 0.623. The zero-order chi connectivity index (χ0) is 8.36. The van der Waals surface area contributed by atoms with Crippen LogP contribution in [0.2, 0.25) is 0 Å². The predicted molar refractivity (Wildman–Crippen MR) is 43.2 cm³/mol. The van der Waals surface area contributed by atoms with E-state index in [0.717, 1.165) is 19.4 Å². The monoisotopic (exact) mass is 160 g/mol. The minimum Gasteiger partial charge on any atom is -0.381 e. The number of nitrogens with one attached hydrogen (secondary N) is 1. The molecule has 0 saturated carbocycles. The van der Waals surface area contributed by atoms with Gasteiger partial charge in [0.05, 0.1) is 0 Å². The number of carbonyl (C=O) groups excluding carboxylic acids is 1. The van der Waals surface area contributed by atoms with E-state index in [1.165, 1.54) is 0 Å². The molecule has 4 nitrogen and oxygen atoms in total. The third-order valence-corrected chi connectivity index (χ3v) is 1.19. The van der Waals surface area contributed by atoms with Crippen LogP contribution in [0, 0.1) is 0 Å². The molecule has 11 heavy (non-hydrogen) atoms. The Morgan fingerprint density at radius 3 is 2.73 bits per heavy atom. The molecule has 0 aliphatic heterocycles. The molecule has 3 N–H and O–H groups in total. The summed E-state index contributed by atoms with van der Waals surface area (Å²) in [6.45, 7) is 2.77. The van der Waals surface area contributed by atoms with Gasteiger partial charge in [-0.1, -0.05) is 0 Å². The van der Waals surface area contributed by atoms with Gasteiger partial charge in [-0.15, -0.1) is 0 Å². The van der Waals surface area contributed by atoms with Gasteiger partial charge in [0.2, 0.25) is 6.41 Å². The highest BCUT2D eigenvalue weighted by atomic mass is 16.5. The summed E-state index contributed by atoms with van der Waals surface area (Å²) in [7, 11) is 0. The summed E-state index contributed by atoms with van der Waals surface area (Å²) in [5.41, 5.74) is 5.25. The minimum atomic E-state index is 0.673. The van der Waals surface area contributed by atoms with Crippen LogP contribution in [0.1, 0.15) is 12.8 Å². The highest BCUT2D eigenvalue weighted by Crippen LogP contribution is 1.82. The van der Waals surface area contributed by atoms with Gasteiger partial charge in [0.15, 0.2) is 0 Å². The van der Waals surface area contributed by atoms with E-state index in [9.17, 15) is 4.79 Å². The lowest BCUT2D eigenvalue weighted by Gasteiger charge is -2.01. The fourth-order valence-electron chi connectivity index (χ4n) is 0.623. The van der Waals surface area contributed by atoms with Gasteiger partial charge >= 0.3 is 0 Å². The van der Waals surface area contributed by atoms with Crippen molar-refractivity contribution in [3.63, 3.8) is 0 Å². The molecule has 0 aromatic carbocycles. The minimum absolute atomic E-state index is 0.673. The molecule has 0 rings (SSSR count). The predicted octanol–water partition coefficient (Wildman–Crippen LogP) is -0.512. The van der Waals surface area contributed by atoms with E-state index in [-0.39, 0.29) is 0 Å². The lowest BCUT2D eigenvalue weighted by molar-refractivity contribution is -0.109. The molecule has 0 aromatic rings. The zero-order valence-electron chi connectivity index (χ0n) is 6.71. The lowest BCUT2D eigenvalue weighted by Crippen LogP contribution is -2.14. The van der Waals surface area contributed by atoms with Gasteiger partial charge in [0, 0.05) is 19.8 Å². The maximum absolute atomic E-state index is 9.77. The topological polar surface area (TPSA) is 64.3 Å². The Kier molecular flexibility index (Phi) is 8.87. The molecule has 0 fully saturated rings. The van der Waals surface area contributed by atoms with Crippen LogP contribution in [0.4, 0.5) is 0 Å². The number of amides is 1. The molecule has 0 bridgehead atoms. The molecule has 0 unspecified atom stereocenters. The molecule has 0 aliphatic carbocycles. The average molecular weight is 160 g/mol. The SMILES string of the molecule is NCCCOCCCNC=O. The van der Waals surface area contributed by atoms with E-state index in [0.29, 0.717) is 26.1 Å². The van der Waals surface area contributed by atoms with E-state index in [4.69, 9.17) is 10.5 Å². The van der Waals surface area contributed by atoms with Crippen molar-refractivity contribution in [1.82, 2.24) is 5.32 Å². The summed E-state index contributed by atoms with van der Waals surface area (Å²) >= 11 is 0. The van der Waals surface area contributed by atoms with Gasteiger partial charge in [0.1, 0.15) is 0 Å². The molecule has 1 amide bonds. The molecule has 4 heteroatoms. The van der Waals surface area contributed by atoms with Crippen molar-refractivity contribution in [2.75, 3.05) is 26.3 Å². The molecule has 0 radical (unpaired) electrons. The maximum atomic E-state index is 9.77. The van der Waals surface area contributed by atoms with Crippen LogP contribution in [0.5, 0.6) is 0 Å². The molecular weight excluding hydrogens is 144 g/mol. The first-order valence-corrected chi connectivity index (χ1v) is 3.86. The lowest BCUT2D eigenvalue weighted by atomic mass is 10.4. The van der Waals surface area contributed by atoms with Crippen molar-refractivity contribution in [1.29, 1.82) is 0 Å². The second-order valence-electron chi connectivity index (χ2n) is 2.18. The number of hydrogen-bond donors (Lipinski definition) is 2. The standard InChI is InChI=1S/C7H16N2O2/c8-3-1-5-11-6-2-4-9-7-10/h7H,1-6,8H2,(H,9,10). The van der Waals surface area contributed by atoms with Crippen molar-refractivity contribution >= 4 is 6.41 Å². The number of nitrogens with two attached hydrogens (primary N) is 1. The van der Waals surface area contributed by atoms with Crippen LogP contribution in [-0.2, 0) is 9.53 Å². The Morgan fingerprint density at radius 2 is 2.09 bits per heavy atom. The first kappa shape index (κ1) is 10.4. The Balaban J connectivity index is 2.74. The van der Waals surface area contributed by atoms with E-state index >= 15 is 0 Å². The molecule has 0 atom stereocenters. The molecule has 0 heterocycles. The summed E-state index contributed by atoms with van der Waals surface area (Å²) in [4.78, 5) is 9.77. The number of hydrogen-bond acceptors (Lipinski definition) is 3. The second kappa shape index (κ2) is 9.39. The summed E-state index contributed by atoms with van der Waals surface area (Å²) < 4.78 is 5.18. The normalized spacial score (nSPS) is 9.55. The Hall–Kier alpha value is -0.610. The van der Waals surface area contributed by atoms with Gasteiger partial charge in [0.25, 0.3) is 0 Å². The van der Waals surface area contributed by atoms with Gasteiger partial charge in [-0.2, -0.15) is 0 Å². The smallest absolute Gasteiger partial charge is 0.207 e. The number of ether oxygens (including phenoxy) is 1. The quantitative estimate of drug-likeness (QED) is 0.371. The number of rotatable bonds is 8. The second-order valence-corrected chi connectivity index (χ2v) is 2.18. The van der Waals surface area contributed by atoms with Crippen LogP contribution in [0.25, 0.3) is 0 Å². The van der Waals surface area contributed by atoms with Crippen LogP contribution < -0.4 is 11.1 Å². The van der Waals surface area contributed by atoms with Gasteiger partial charge in [-0.3, -0.25) is 4.79 Å². The third-order valence-electron chi connectivity index (χ3n) is 1.19. The van der Waals surface area contributed by atoms with Crippen LogP contribution in [0.3, 0.4) is 0 Å². The Labute approximate surface area is 67.1 Å². The summed E-state index contributed by atoms with van der Waals surface area (Å²) in [5, 5.41) is 2.55. The largest absolute Gasteiger partial charge is 0.381 e. The highest BCUT2D eigenvalue weighted by Gasteiger charge is 1.87. The van der Waals surface area contributed by atoms with E-state index in [2.05, 4.69) is 5.32 Å². The Morgan fingerprint density at radius 1 is 1.36 bits per heavy atom. The fraction of sp³-hybridized carbons (Fsp3) is 0.857. The van der Waals surface area contributed by atoms with E-state index in [1.54, 1.807) is 0 Å². The van der Waals surface area contributed by atoms with Gasteiger partial charge < -0.3 is 15.8 Å².